The largest absolute Gasteiger partial charge is 0.506 e. The van der Waals surface area contributed by atoms with E-state index in [1.165, 1.54) is 36.6 Å². The normalized spacial score (nSPS) is 12.8. The molecule has 1 aromatic heterocycles. The fraction of sp³-hybridized carbons (Fsp3) is 0.652. The molecule has 1 aromatic carbocycles. The predicted molar refractivity (Wildman–Crippen MR) is 133 cm³/mol. The summed E-state index contributed by atoms with van der Waals surface area (Å²) < 4.78 is 6.04. The molecule has 0 aliphatic carbocycles. The number of benzene rings is 1. The highest BCUT2D eigenvalue weighted by molar-refractivity contribution is 9.09. The van der Waals surface area contributed by atoms with Crippen LogP contribution in [0, 0.1) is 0 Å². The highest BCUT2D eigenvalue weighted by Gasteiger charge is 2.25. The molecule has 0 saturated heterocycles. The van der Waals surface area contributed by atoms with Crippen molar-refractivity contribution in [3.63, 3.8) is 0 Å². The number of aromatic hydroxyl groups is 1. The monoisotopic (exact) mass is 530 g/mol. The lowest BCUT2D eigenvalue weighted by Gasteiger charge is -2.29. The molecule has 0 saturated carbocycles. The van der Waals surface area contributed by atoms with E-state index >= 15 is 0 Å². The van der Waals surface area contributed by atoms with Gasteiger partial charge < -0.3 is 24.8 Å². The van der Waals surface area contributed by atoms with Crippen molar-refractivity contribution in [1.82, 2.24) is 9.88 Å². The van der Waals surface area contributed by atoms with Crippen LogP contribution in [-0.2, 0) is 4.74 Å². The molecular formula is C23H35BrN2O5S. The van der Waals surface area contributed by atoms with Gasteiger partial charge in [-0.3, -0.25) is 4.79 Å². The summed E-state index contributed by atoms with van der Waals surface area (Å²) in [6.07, 6.45) is 6.30. The van der Waals surface area contributed by atoms with Gasteiger partial charge in [0, 0.05) is 17.4 Å². The van der Waals surface area contributed by atoms with Crippen LogP contribution in [0.4, 0.5) is 4.79 Å². The number of phenolic OH excluding ortho intramolecular Hbond substituents is 1. The number of hydrogen-bond acceptors (Lipinski definition) is 6. The number of aromatic amines is 1. The molecule has 2 aromatic rings. The first-order valence-electron chi connectivity index (χ1n) is 11.2. The lowest BCUT2D eigenvalue weighted by Crippen LogP contribution is -2.39. The zero-order chi connectivity index (χ0) is 23.7. The number of phenols is 1. The van der Waals surface area contributed by atoms with Crippen molar-refractivity contribution >= 4 is 43.6 Å². The number of nitrogens with one attached hydrogen (secondary N) is 1. The van der Waals surface area contributed by atoms with Crippen LogP contribution in [0.5, 0.6) is 5.75 Å². The number of aliphatic hydroxyl groups is 1. The maximum atomic E-state index is 12.8. The Balaban J connectivity index is 2.03. The van der Waals surface area contributed by atoms with Crippen LogP contribution in [0.1, 0.15) is 77.4 Å². The topological polar surface area (TPSA) is 103 Å². The van der Waals surface area contributed by atoms with E-state index < -0.39 is 17.8 Å². The molecule has 0 spiro atoms. The lowest BCUT2D eigenvalue weighted by molar-refractivity contribution is 0.0142. The van der Waals surface area contributed by atoms with Crippen molar-refractivity contribution in [2.24, 2.45) is 0 Å². The van der Waals surface area contributed by atoms with Gasteiger partial charge in [0.15, 0.2) is 0 Å². The number of halogens is 1. The number of aromatic nitrogens is 1. The number of ether oxygens (including phenoxy) is 1. The van der Waals surface area contributed by atoms with Gasteiger partial charge in [0.25, 0.3) is 0 Å². The second-order valence-electron chi connectivity index (χ2n) is 9.00. The van der Waals surface area contributed by atoms with Crippen LogP contribution >= 0.6 is 27.3 Å². The molecule has 3 N–H and O–H groups in total. The van der Waals surface area contributed by atoms with E-state index in [0.29, 0.717) is 22.3 Å². The van der Waals surface area contributed by atoms with Crippen molar-refractivity contribution in [3.8, 4) is 5.75 Å². The molecular weight excluding hydrogens is 496 g/mol. The summed E-state index contributed by atoms with van der Waals surface area (Å²) in [7, 11) is 0. The van der Waals surface area contributed by atoms with E-state index in [2.05, 4.69) is 20.9 Å². The molecule has 1 heterocycles. The molecule has 1 unspecified atom stereocenters. The van der Waals surface area contributed by atoms with Crippen molar-refractivity contribution in [1.29, 1.82) is 0 Å². The summed E-state index contributed by atoms with van der Waals surface area (Å²) in [6, 6.07) is 3.03. The third-order valence-corrected chi connectivity index (χ3v) is 6.55. The summed E-state index contributed by atoms with van der Waals surface area (Å²) in [5.74, 6) is -0.0468. The number of fused-ring (bicyclic) bond motifs is 1. The summed E-state index contributed by atoms with van der Waals surface area (Å²) in [5.41, 5.74) is 0.170. The Morgan fingerprint density at radius 2 is 1.78 bits per heavy atom. The zero-order valence-corrected chi connectivity index (χ0v) is 21.6. The molecule has 1 atom stereocenters. The van der Waals surface area contributed by atoms with Gasteiger partial charge in [-0.1, -0.05) is 65.4 Å². The number of hydrogen-bond donors (Lipinski definition) is 3. The first-order chi connectivity index (χ1) is 15.1. The van der Waals surface area contributed by atoms with Crippen molar-refractivity contribution in [3.05, 3.63) is 27.4 Å². The minimum Gasteiger partial charge on any atom is -0.506 e. The molecule has 1 amide bonds. The summed E-state index contributed by atoms with van der Waals surface area (Å²) in [4.78, 5) is 28.4. The van der Waals surface area contributed by atoms with Crippen molar-refractivity contribution < 1.29 is 19.7 Å². The number of rotatable bonds is 12. The number of carbonyl (C=O) groups is 1. The van der Waals surface area contributed by atoms with E-state index in [1.54, 1.807) is 6.07 Å². The Morgan fingerprint density at radius 3 is 2.41 bits per heavy atom. The van der Waals surface area contributed by atoms with E-state index in [9.17, 15) is 19.8 Å². The van der Waals surface area contributed by atoms with Gasteiger partial charge in [-0.15, -0.1) is 0 Å². The standard InChI is InChI=1S/C23H35BrN2O5S/c1-23(2,3)31-22(30)26(14-10-8-6-4-5-7-9-13-24)15-18(28)16-11-12-17(27)19-20(16)32-21(29)25-19/h11-12,18,27-28H,4-10,13-15H2,1-3H3,(H,25,29). The lowest BCUT2D eigenvalue weighted by atomic mass is 10.1. The second kappa shape index (κ2) is 12.6. The third kappa shape index (κ3) is 8.41. The van der Waals surface area contributed by atoms with E-state index in [4.69, 9.17) is 4.74 Å². The fourth-order valence-corrected chi connectivity index (χ4v) is 4.79. The molecule has 32 heavy (non-hydrogen) atoms. The number of aliphatic hydroxyl groups excluding tert-OH is 1. The Bertz CT molecular complexity index is 921. The minimum atomic E-state index is -1.01. The second-order valence-corrected chi connectivity index (χ2v) is 10.8. The van der Waals surface area contributed by atoms with E-state index in [0.717, 1.165) is 35.9 Å². The third-order valence-electron chi connectivity index (χ3n) is 5.05. The van der Waals surface area contributed by atoms with Crippen molar-refractivity contribution in [2.75, 3.05) is 18.4 Å². The summed E-state index contributed by atoms with van der Waals surface area (Å²) >= 11 is 4.38. The van der Waals surface area contributed by atoms with Crippen LogP contribution in [0.2, 0.25) is 0 Å². The van der Waals surface area contributed by atoms with Crippen LogP contribution in [0.25, 0.3) is 10.2 Å². The van der Waals surface area contributed by atoms with E-state index in [-0.39, 0.29) is 17.2 Å². The average molecular weight is 532 g/mol. The van der Waals surface area contributed by atoms with Crippen LogP contribution in [0.3, 0.4) is 0 Å². The Hall–Kier alpha value is -1.58. The summed E-state index contributed by atoms with van der Waals surface area (Å²) in [5, 5.41) is 22.0. The molecule has 7 nitrogen and oxygen atoms in total. The Labute approximate surface area is 201 Å². The van der Waals surface area contributed by atoms with Gasteiger partial charge in [-0.2, -0.15) is 0 Å². The molecule has 0 aliphatic rings. The molecule has 180 valence electrons. The number of thiazole rings is 1. The Morgan fingerprint density at radius 1 is 1.16 bits per heavy atom. The quantitative estimate of drug-likeness (QED) is 0.241. The maximum Gasteiger partial charge on any atom is 0.410 e. The van der Waals surface area contributed by atoms with Gasteiger partial charge in [0.1, 0.15) is 16.9 Å². The van der Waals surface area contributed by atoms with Gasteiger partial charge in [-0.05, 0) is 39.7 Å². The first-order valence-corrected chi connectivity index (χ1v) is 13.1. The molecule has 0 fully saturated rings. The highest BCUT2D eigenvalue weighted by atomic mass is 79.9. The summed E-state index contributed by atoms with van der Waals surface area (Å²) in [6.45, 7) is 5.97. The highest BCUT2D eigenvalue weighted by Crippen LogP contribution is 2.32. The number of nitrogens with zero attached hydrogens (tertiary/aromatic N) is 1. The molecule has 0 aliphatic heterocycles. The van der Waals surface area contributed by atoms with E-state index in [1.807, 2.05) is 20.8 Å². The SMILES string of the molecule is CC(C)(C)OC(=O)N(CCCCCCCCCBr)CC(O)c1ccc(O)c2[nH]c(=O)sc12. The predicted octanol–water partition coefficient (Wildman–Crippen LogP) is 5.69. The number of alkyl halides is 1. The molecule has 0 bridgehead atoms. The molecule has 9 heteroatoms. The molecule has 2 rings (SSSR count). The van der Waals surface area contributed by atoms with Crippen molar-refractivity contribution in [2.45, 2.75) is 77.4 Å². The van der Waals surface area contributed by atoms with Crippen LogP contribution in [0.15, 0.2) is 16.9 Å². The number of H-pyrrole nitrogens is 1. The number of amides is 1. The Kier molecular flexibility index (Phi) is 10.5. The van der Waals surface area contributed by atoms with Crippen LogP contribution < -0.4 is 4.87 Å². The molecule has 0 radical (unpaired) electrons. The average Bonchev–Trinajstić information content (AvgIpc) is 3.10. The smallest absolute Gasteiger partial charge is 0.410 e. The maximum absolute atomic E-state index is 12.8. The van der Waals surface area contributed by atoms with Gasteiger partial charge >= 0.3 is 11.0 Å². The number of unbranched alkanes of at least 4 members (excludes halogenated alkanes) is 6. The van der Waals surface area contributed by atoms with Crippen LogP contribution in [-0.4, -0.2) is 50.2 Å². The number of carbonyl (C=O) groups excluding carboxylic acids is 1. The van der Waals surface area contributed by atoms with Gasteiger partial charge in [0.2, 0.25) is 0 Å². The van der Waals surface area contributed by atoms with Gasteiger partial charge in [0.05, 0.1) is 17.3 Å². The fourth-order valence-electron chi connectivity index (χ4n) is 3.47. The van der Waals surface area contributed by atoms with Gasteiger partial charge in [-0.25, -0.2) is 4.79 Å². The zero-order valence-electron chi connectivity index (χ0n) is 19.2. The minimum absolute atomic E-state index is 0.0468. The first kappa shape index (κ1) is 26.7.